The number of nitrogens with zero attached hydrogens (tertiary/aromatic N) is 6. The van der Waals surface area contributed by atoms with Crippen LogP contribution < -0.4 is 10.2 Å². The van der Waals surface area contributed by atoms with Crippen LogP contribution in [0.4, 0.5) is 10.8 Å². The Labute approximate surface area is 204 Å². The molecule has 9 nitrogen and oxygen atoms in total. The normalized spacial score (nSPS) is 14.3. The minimum Gasteiger partial charge on any atom is -0.356 e. The first-order valence-corrected chi connectivity index (χ1v) is 11.1. The van der Waals surface area contributed by atoms with E-state index < -0.39 is 0 Å². The highest BCUT2D eigenvalue weighted by Crippen LogP contribution is 2.19. The summed E-state index contributed by atoms with van der Waals surface area (Å²) in [5, 5.41) is 15.2. The van der Waals surface area contributed by atoms with Gasteiger partial charge in [0.2, 0.25) is 5.13 Å². The number of anilines is 1. The Kier molecular flexibility index (Phi) is 10.4. The molecule has 11 heteroatoms. The third-order valence-corrected chi connectivity index (χ3v) is 5.97. The summed E-state index contributed by atoms with van der Waals surface area (Å²) < 4.78 is 4.38. The summed E-state index contributed by atoms with van der Waals surface area (Å²) in [6, 6.07) is 6.82. The maximum Gasteiger partial charge on any atom is 0.269 e. The number of benzene rings is 1. The summed E-state index contributed by atoms with van der Waals surface area (Å²) in [7, 11) is 1.82. The maximum absolute atomic E-state index is 10.7. The van der Waals surface area contributed by atoms with E-state index in [2.05, 4.69) is 36.4 Å². The molecule has 0 bridgehead atoms. The van der Waals surface area contributed by atoms with Crippen molar-refractivity contribution in [2.45, 2.75) is 32.6 Å². The standard InChI is InChI=1S/C20H29N7O2S.HI/c1-3-18-23-20(30-24-18)26-14-12-25(13-15-26)19(21-2)22-11-5-4-6-16-7-9-17(10-8-16)27(28)29;/h7-10H,3-6,11-15H2,1-2H3,(H,21,22);1H. The highest BCUT2D eigenvalue weighted by atomic mass is 127. The van der Waals surface area contributed by atoms with Crippen molar-refractivity contribution in [3.8, 4) is 0 Å². The zero-order valence-corrected chi connectivity index (χ0v) is 21.1. The number of aliphatic imine (C=N–C) groups is 1. The van der Waals surface area contributed by atoms with Gasteiger partial charge < -0.3 is 15.1 Å². The lowest BCUT2D eigenvalue weighted by Gasteiger charge is -2.36. The second-order valence-corrected chi connectivity index (χ2v) is 7.91. The van der Waals surface area contributed by atoms with Gasteiger partial charge in [-0.2, -0.15) is 4.37 Å². The number of aromatic nitrogens is 2. The van der Waals surface area contributed by atoms with E-state index in [1.807, 2.05) is 19.2 Å². The molecule has 0 unspecified atom stereocenters. The molecule has 2 aromatic rings. The van der Waals surface area contributed by atoms with Crippen LogP contribution in [0.5, 0.6) is 0 Å². The molecular formula is C20H30IN7O2S. The Morgan fingerprint density at radius 3 is 2.52 bits per heavy atom. The van der Waals surface area contributed by atoms with Gasteiger partial charge in [-0.1, -0.05) is 19.1 Å². The second-order valence-electron chi connectivity index (χ2n) is 7.18. The first-order chi connectivity index (χ1) is 14.6. The van der Waals surface area contributed by atoms with Crippen molar-refractivity contribution in [1.29, 1.82) is 0 Å². The number of nitro benzene ring substituents is 1. The molecule has 0 radical (unpaired) electrons. The molecular weight excluding hydrogens is 529 g/mol. The number of nitrogens with one attached hydrogen (secondary N) is 1. The Hall–Kier alpha value is -2.02. The Balaban J connectivity index is 0.00000341. The lowest BCUT2D eigenvalue weighted by molar-refractivity contribution is -0.384. The monoisotopic (exact) mass is 559 g/mol. The number of hydrogen-bond donors (Lipinski definition) is 1. The van der Waals surface area contributed by atoms with E-state index in [-0.39, 0.29) is 34.6 Å². The van der Waals surface area contributed by atoms with Crippen molar-refractivity contribution in [3.63, 3.8) is 0 Å². The van der Waals surface area contributed by atoms with Crippen LogP contribution in [0, 0.1) is 10.1 Å². The van der Waals surface area contributed by atoms with Gasteiger partial charge in [-0.3, -0.25) is 15.1 Å². The Morgan fingerprint density at radius 2 is 1.94 bits per heavy atom. The molecule has 3 rings (SSSR count). The molecule has 1 N–H and O–H groups in total. The number of non-ortho nitro benzene ring substituents is 1. The summed E-state index contributed by atoms with van der Waals surface area (Å²) in [6.45, 7) is 6.58. The highest BCUT2D eigenvalue weighted by Gasteiger charge is 2.21. The van der Waals surface area contributed by atoms with Crippen molar-refractivity contribution in [3.05, 3.63) is 45.8 Å². The molecule has 1 saturated heterocycles. The van der Waals surface area contributed by atoms with Gasteiger partial charge in [-0.15, -0.1) is 24.0 Å². The first-order valence-electron chi connectivity index (χ1n) is 10.4. The predicted octanol–water partition coefficient (Wildman–Crippen LogP) is 3.35. The first kappa shape index (κ1) is 25.2. The van der Waals surface area contributed by atoms with E-state index in [0.717, 1.165) is 80.9 Å². The molecule has 0 aliphatic carbocycles. The molecule has 1 aromatic heterocycles. The van der Waals surface area contributed by atoms with E-state index in [9.17, 15) is 10.1 Å². The SMILES string of the molecule is CCc1nsc(N2CCN(C(=NC)NCCCCc3ccc([N+](=O)[O-])cc3)CC2)n1.I. The van der Waals surface area contributed by atoms with Gasteiger partial charge in [0, 0.05) is 69.9 Å². The highest BCUT2D eigenvalue weighted by molar-refractivity contribution is 14.0. The van der Waals surface area contributed by atoms with Gasteiger partial charge in [0.05, 0.1) is 4.92 Å². The number of nitro groups is 1. The van der Waals surface area contributed by atoms with Gasteiger partial charge in [-0.05, 0) is 24.8 Å². The van der Waals surface area contributed by atoms with Crippen molar-refractivity contribution in [2.75, 3.05) is 44.7 Å². The van der Waals surface area contributed by atoms with Crippen molar-refractivity contribution in [2.24, 2.45) is 4.99 Å². The molecule has 170 valence electrons. The molecule has 1 aliphatic heterocycles. The lowest BCUT2D eigenvalue weighted by atomic mass is 10.1. The zero-order valence-electron chi connectivity index (χ0n) is 18.0. The van der Waals surface area contributed by atoms with Gasteiger partial charge in [0.25, 0.3) is 5.69 Å². The van der Waals surface area contributed by atoms with Crippen LogP contribution in [0.2, 0.25) is 0 Å². The fourth-order valence-corrected chi connectivity index (χ4v) is 4.20. The molecule has 1 fully saturated rings. The summed E-state index contributed by atoms with van der Waals surface area (Å²) in [5.41, 5.74) is 1.27. The molecule has 0 amide bonds. The third kappa shape index (κ3) is 7.27. The lowest BCUT2D eigenvalue weighted by Crippen LogP contribution is -2.52. The topological polar surface area (TPSA) is 99.8 Å². The minimum atomic E-state index is -0.366. The van der Waals surface area contributed by atoms with Crippen LogP contribution in [0.25, 0.3) is 0 Å². The van der Waals surface area contributed by atoms with E-state index in [1.54, 1.807) is 12.1 Å². The van der Waals surface area contributed by atoms with Gasteiger partial charge in [-0.25, -0.2) is 4.98 Å². The van der Waals surface area contributed by atoms with Crippen LogP contribution >= 0.6 is 35.5 Å². The average Bonchev–Trinajstić information content (AvgIpc) is 3.26. The van der Waals surface area contributed by atoms with Crippen LogP contribution in [-0.2, 0) is 12.8 Å². The van der Waals surface area contributed by atoms with Gasteiger partial charge in [0.15, 0.2) is 5.96 Å². The largest absolute Gasteiger partial charge is 0.356 e. The molecule has 31 heavy (non-hydrogen) atoms. The number of piperazine rings is 1. The number of rotatable bonds is 8. The summed E-state index contributed by atoms with van der Waals surface area (Å²) >= 11 is 1.48. The quantitative estimate of drug-likeness (QED) is 0.132. The second kappa shape index (κ2) is 12.7. The summed E-state index contributed by atoms with van der Waals surface area (Å²) in [4.78, 5) is 23.9. The zero-order chi connectivity index (χ0) is 21.3. The number of hydrogen-bond acceptors (Lipinski definition) is 7. The minimum absolute atomic E-state index is 0. The maximum atomic E-state index is 10.7. The predicted molar refractivity (Wildman–Crippen MR) is 136 cm³/mol. The number of guanidine groups is 1. The van der Waals surface area contributed by atoms with Crippen molar-refractivity contribution in [1.82, 2.24) is 19.6 Å². The smallest absolute Gasteiger partial charge is 0.269 e. The molecule has 0 spiro atoms. The summed E-state index contributed by atoms with van der Waals surface area (Å²) in [5.74, 6) is 1.86. The molecule has 0 atom stereocenters. The van der Waals surface area contributed by atoms with Crippen LogP contribution in [0.15, 0.2) is 29.3 Å². The van der Waals surface area contributed by atoms with Gasteiger partial charge >= 0.3 is 0 Å². The van der Waals surface area contributed by atoms with Crippen molar-refractivity contribution >= 4 is 52.3 Å². The third-order valence-electron chi connectivity index (χ3n) is 5.16. The van der Waals surface area contributed by atoms with Crippen LogP contribution in [0.3, 0.4) is 0 Å². The fourth-order valence-electron chi connectivity index (χ4n) is 3.40. The van der Waals surface area contributed by atoms with E-state index in [1.165, 1.54) is 11.5 Å². The summed E-state index contributed by atoms with van der Waals surface area (Å²) in [6.07, 6.45) is 3.82. The average molecular weight is 559 g/mol. The number of unbranched alkanes of at least 4 members (excludes halogenated alkanes) is 1. The fraction of sp³-hybridized carbons (Fsp3) is 0.550. The molecule has 0 saturated carbocycles. The van der Waals surface area contributed by atoms with Crippen LogP contribution in [0.1, 0.15) is 31.2 Å². The molecule has 1 aromatic carbocycles. The number of halogens is 1. The Bertz CT molecular complexity index is 851. The van der Waals surface area contributed by atoms with Crippen molar-refractivity contribution < 1.29 is 4.92 Å². The molecule has 2 heterocycles. The van der Waals surface area contributed by atoms with E-state index in [0.29, 0.717) is 0 Å². The van der Waals surface area contributed by atoms with Crippen LogP contribution in [-0.4, -0.2) is 64.9 Å². The van der Waals surface area contributed by atoms with E-state index in [4.69, 9.17) is 0 Å². The Morgan fingerprint density at radius 1 is 1.23 bits per heavy atom. The number of aryl methyl sites for hydroxylation is 2. The molecule has 1 aliphatic rings. The van der Waals surface area contributed by atoms with E-state index >= 15 is 0 Å². The van der Waals surface area contributed by atoms with Gasteiger partial charge in [0.1, 0.15) is 5.82 Å².